The number of ether oxygens (including phenoxy) is 2. The van der Waals surface area contributed by atoms with Gasteiger partial charge in [-0.25, -0.2) is 0 Å². The van der Waals surface area contributed by atoms with Crippen LogP contribution in [0.25, 0.3) is 0 Å². The summed E-state index contributed by atoms with van der Waals surface area (Å²) >= 11 is 0. The lowest BCUT2D eigenvalue weighted by Crippen LogP contribution is -2.27. The van der Waals surface area contributed by atoms with Crippen LogP contribution < -0.4 is 0 Å². The second-order valence-corrected chi connectivity index (χ2v) is 3.76. The van der Waals surface area contributed by atoms with Gasteiger partial charge in [-0.15, -0.1) is 0 Å². The molecule has 86 valence electrons. The highest BCUT2D eigenvalue weighted by molar-refractivity contribution is 4.62. The monoisotopic (exact) mass is 204 g/mol. The highest BCUT2D eigenvalue weighted by Crippen LogP contribution is 2.08. The minimum absolute atomic E-state index is 0.0636. The first-order valence-corrected chi connectivity index (χ1v) is 5.49. The van der Waals surface area contributed by atoms with Crippen molar-refractivity contribution in [2.45, 2.75) is 46.3 Å². The van der Waals surface area contributed by atoms with Gasteiger partial charge in [0.1, 0.15) is 0 Å². The SMILES string of the molecule is CCOCC(C)OCC(O)C(C)CC. The molecule has 0 aliphatic rings. The standard InChI is InChI=1S/C11H24O3/c1-5-9(3)11(12)8-14-10(4)7-13-6-2/h9-12H,5-8H2,1-4H3. The maximum Gasteiger partial charge on any atom is 0.0799 e. The van der Waals surface area contributed by atoms with E-state index in [1.165, 1.54) is 0 Å². The van der Waals surface area contributed by atoms with E-state index >= 15 is 0 Å². The molecule has 3 atom stereocenters. The Balaban J connectivity index is 3.50. The van der Waals surface area contributed by atoms with Crippen LogP contribution in [0.2, 0.25) is 0 Å². The number of rotatable bonds is 8. The molecule has 0 aromatic rings. The zero-order valence-corrected chi connectivity index (χ0v) is 9.82. The largest absolute Gasteiger partial charge is 0.390 e. The summed E-state index contributed by atoms with van der Waals surface area (Å²) in [6.07, 6.45) is 0.683. The van der Waals surface area contributed by atoms with Gasteiger partial charge in [-0.3, -0.25) is 0 Å². The van der Waals surface area contributed by atoms with Gasteiger partial charge in [-0.2, -0.15) is 0 Å². The lowest BCUT2D eigenvalue weighted by molar-refractivity contribution is -0.0515. The van der Waals surface area contributed by atoms with Crippen molar-refractivity contribution < 1.29 is 14.6 Å². The van der Waals surface area contributed by atoms with E-state index in [9.17, 15) is 5.11 Å². The topological polar surface area (TPSA) is 38.7 Å². The molecule has 0 aliphatic carbocycles. The predicted octanol–water partition coefficient (Wildman–Crippen LogP) is 1.83. The Hall–Kier alpha value is -0.120. The van der Waals surface area contributed by atoms with Gasteiger partial charge in [-0.1, -0.05) is 20.3 Å². The van der Waals surface area contributed by atoms with Gasteiger partial charge < -0.3 is 14.6 Å². The highest BCUT2D eigenvalue weighted by atomic mass is 16.5. The Kier molecular flexibility index (Phi) is 8.14. The van der Waals surface area contributed by atoms with E-state index in [1.54, 1.807) is 0 Å². The van der Waals surface area contributed by atoms with E-state index in [0.29, 0.717) is 25.7 Å². The Morgan fingerprint density at radius 2 is 1.79 bits per heavy atom. The molecule has 0 saturated heterocycles. The minimum atomic E-state index is -0.357. The van der Waals surface area contributed by atoms with Crippen LogP contribution in [-0.2, 0) is 9.47 Å². The molecular weight excluding hydrogens is 180 g/mol. The number of aliphatic hydroxyl groups is 1. The molecule has 0 aromatic carbocycles. The lowest BCUT2D eigenvalue weighted by atomic mass is 10.0. The quantitative estimate of drug-likeness (QED) is 0.655. The van der Waals surface area contributed by atoms with Crippen LogP contribution >= 0.6 is 0 Å². The molecule has 0 bridgehead atoms. The molecule has 1 N–H and O–H groups in total. The zero-order chi connectivity index (χ0) is 11.0. The van der Waals surface area contributed by atoms with Gasteiger partial charge in [0.25, 0.3) is 0 Å². The Bertz CT molecular complexity index is 128. The van der Waals surface area contributed by atoms with Crippen molar-refractivity contribution in [3.05, 3.63) is 0 Å². The maximum atomic E-state index is 9.63. The van der Waals surface area contributed by atoms with Crippen molar-refractivity contribution in [3.63, 3.8) is 0 Å². The van der Waals surface area contributed by atoms with Crippen LogP contribution in [0.1, 0.15) is 34.1 Å². The number of aliphatic hydroxyl groups excluding tert-OH is 1. The zero-order valence-electron chi connectivity index (χ0n) is 9.82. The molecule has 3 nitrogen and oxygen atoms in total. The summed E-state index contributed by atoms with van der Waals surface area (Å²) in [5.41, 5.74) is 0. The van der Waals surface area contributed by atoms with Crippen LogP contribution in [0.5, 0.6) is 0 Å². The van der Waals surface area contributed by atoms with Crippen molar-refractivity contribution in [3.8, 4) is 0 Å². The molecule has 0 fully saturated rings. The van der Waals surface area contributed by atoms with Gasteiger partial charge in [0.2, 0.25) is 0 Å². The summed E-state index contributed by atoms with van der Waals surface area (Å²) in [5.74, 6) is 0.300. The highest BCUT2D eigenvalue weighted by Gasteiger charge is 2.13. The molecule has 0 saturated carbocycles. The van der Waals surface area contributed by atoms with Crippen molar-refractivity contribution in [2.24, 2.45) is 5.92 Å². The molecule has 0 aliphatic heterocycles. The van der Waals surface area contributed by atoms with Crippen molar-refractivity contribution in [1.82, 2.24) is 0 Å². The number of hydrogen-bond acceptors (Lipinski definition) is 3. The first-order chi connectivity index (χ1) is 6.61. The van der Waals surface area contributed by atoms with E-state index in [2.05, 4.69) is 6.92 Å². The van der Waals surface area contributed by atoms with E-state index in [-0.39, 0.29) is 12.2 Å². The molecule has 0 radical (unpaired) electrons. The van der Waals surface area contributed by atoms with Crippen LogP contribution in [0.3, 0.4) is 0 Å². The molecule has 0 spiro atoms. The molecule has 3 unspecified atom stereocenters. The summed E-state index contributed by atoms with van der Waals surface area (Å²) in [5, 5.41) is 9.63. The third-order valence-electron chi connectivity index (χ3n) is 2.41. The number of hydrogen-bond donors (Lipinski definition) is 1. The second-order valence-electron chi connectivity index (χ2n) is 3.76. The Labute approximate surface area is 87.4 Å². The van der Waals surface area contributed by atoms with Gasteiger partial charge in [0.05, 0.1) is 25.4 Å². The Morgan fingerprint density at radius 1 is 1.14 bits per heavy atom. The summed E-state index contributed by atoms with van der Waals surface area (Å²) < 4.78 is 10.7. The Morgan fingerprint density at radius 3 is 2.29 bits per heavy atom. The molecular formula is C11H24O3. The van der Waals surface area contributed by atoms with E-state index in [1.807, 2.05) is 20.8 Å². The van der Waals surface area contributed by atoms with Crippen molar-refractivity contribution >= 4 is 0 Å². The van der Waals surface area contributed by atoms with Crippen LogP contribution in [0.15, 0.2) is 0 Å². The van der Waals surface area contributed by atoms with Crippen molar-refractivity contribution in [2.75, 3.05) is 19.8 Å². The summed E-state index contributed by atoms with van der Waals surface area (Å²) in [4.78, 5) is 0. The van der Waals surface area contributed by atoms with Crippen molar-refractivity contribution in [1.29, 1.82) is 0 Å². The van der Waals surface area contributed by atoms with Crippen LogP contribution in [0, 0.1) is 5.92 Å². The third kappa shape index (κ3) is 6.35. The van der Waals surface area contributed by atoms with Crippen LogP contribution in [-0.4, -0.2) is 37.1 Å². The fourth-order valence-electron chi connectivity index (χ4n) is 1.03. The predicted molar refractivity (Wildman–Crippen MR) is 57.4 cm³/mol. The van der Waals surface area contributed by atoms with E-state index in [4.69, 9.17) is 9.47 Å². The van der Waals surface area contributed by atoms with Gasteiger partial charge in [-0.05, 0) is 19.8 Å². The fraction of sp³-hybridized carbons (Fsp3) is 1.00. The van der Waals surface area contributed by atoms with E-state index in [0.717, 1.165) is 6.42 Å². The van der Waals surface area contributed by atoms with E-state index < -0.39 is 0 Å². The summed E-state index contributed by atoms with van der Waals surface area (Å²) in [7, 11) is 0. The van der Waals surface area contributed by atoms with Crippen LogP contribution in [0.4, 0.5) is 0 Å². The fourth-order valence-corrected chi connectivity index (χ4v) is 1.03. The average Bonchev–Trinajstić information content (AvgIpc) is 2.21. The summed E-state index contributed by atoms with van der Waals surface area (Å²) in [6.45, 7) is 9.73. The molecule has 0 amide bonds. The first-order valence-electron chi connectivity index (χ1n) is 5.49. The molecule has 0 heterocycles. The maximum absolute atomic E-state index is 9.63. The lowest BCUT2D eigenvalue weighted by Gasteiger charge is -2.20. The normalized spacial score (nSPS) is 17.8. The third-order valence-corrected chi connectivity index (χ3v) is 2.41. The summed E-state index contributed by atoms with van der Waals surface area (Å²) in [6, 6.07) is 0. The minimum Gasteiger partial charge on any atom is -0.390 e. The van der Waals surface area contributed by atoms with Gasteiger partial charge in [0, 0.05) is 6.61 Å². The smallest absolute Gasteiger partial charge is 0.0799 e. The molecule has 0 aromatic heterocycles. The van der Waals surface area contributed by atoms with Gasteiger partial charge >= 0.3 is 0 Å². The second kappa shape index (κ2) is 8.21. The average molecular weight is 204 g/mol. The molecule has 0 rings (SSSR count). The first kappa shape index (κ1) is 13.9. The molecule has 14 heavy (non-hydrogen) atoms. The van der Waals surface area contributed by atoms with Gasteiger partial charge in [0.15, 0.2) is 0 Å². The molecule has 3 heteroatoms.